The van der Waals surface area contributed by atoms with Gasteiger partial charge in [0.2, 0.25) is 5.89 Å². The summed E-state index contributed by atoms with van der Waals surface area (Å²) in [7, 11) is 0. The number of hydrogen-bond donors (Lipinski definition) is 0. The minimum absolute atomic E-state index is 0.0374. The van der Waals surface area contributed by atoms with E-state index < -0.39 is 5.97 Å². The number of Topliss-reactive ketones (excluding diaryl/α,β-unsaturated/α-hetero) is 1. The number of benzene rings is 2. The van der Waals surface area contributed by atoms with Crippen molar-refractivity contribution < 1.29 is 18.7 Å². The Hall–Kier alpha value is -2.64. The standard InChI is InChI=1S/C18H13ClN2O4S/c19-14-8-6-13(7-9-14)17-20-21-18(25-17)26-11-16(23)24-10-15(22)12-4-2-1-3-5-12/h1-9H,10-11H2. The zero-order chi connectivity index (χ0) is 18.4. The van der Waals surface area contributed by atoms with Gasteiger partial charge in [0.25, 0.3) is 5.22 Å². The summed E-state index contributed by atoms with van der Waals surface area (Å²) in [5.41, 5.74) is 1.22. The summed E-state index contributed by atoms with van der Waals surface area (Å²) in [6.45, 7) is -0.302. The van der Waals surface area contributed by atoms with Crippen LogP contribution in [0.15, 0.2) is 64.2 Å². The zero-order valence-electron chi connectivity index (χ0n) is 13.4. The maximum atomic E-state index is 11.9. The molecule has 0 radical (unpaired) electrons. The second-order valence-corrected chi connectivity index (χ2v) is 6.48. The fraction of sp³-hybridized carbons (Fsp3) is 0.111. The van der Waals surface area contributed by atoms with Gasteiger partial charge in [-0.1, -0.05) is 53.7 Å². The predicted molar refractivity (Wildman–Crippen MR) is 97.2 cm³/mol. The molecule has 0 spiro atoms. The van der Waals surface area contributed by atoms with Gasteiger partial charge in [-0.05, 0) is 24.3 Å². The highest BCUT2D eigenvalue weighted by Gasteiger charge is 2.13. The number of carbonyl (C=O) groups excluding carboxylic acids is 2. The smallest absolute Gasteiger partial charge is 0.316 e. The van der Waals surface area contributed by atoms with Crippen molar-refractivity contribution in [2.75, 3.05) is 12.4 Å². The molecule has 0 bridgehead atoms. The fourth-order valence-electron chi connectivity index (χ4n) is 1.99. The lowest BCUT2D eigenvalue weighted by atomic mass is 10.1. The van der Waals surface area contributed by atoms with Crippen molar-refractivity contribution in [2.24, 2.45) is 0 Å². The molecule has 3 aromatic rings. The van der Waals surface area contributed by atoms with Crippen LogP contribution in [0.1, 0.15) is 10.4 Å². The first-order valence-electron chi connectivity index (χ1n) is 7.58. The van der Waals surface area contributed by atoms with Crippen molar-refractivity contribution in [3.63, 3.8) is 0 Å². The van der Waals surface area contributed by atoms with Crippen LogP contribution in [0.2, 0.25) is 5.02 Å². The topological polar surface area (TPSA) is 82.3 Å². The van der Waals surface area contributed by atoms with Gasteiger partial charge in [0.1, 0.15) is 5.75 Å². The Morgan fingerprint density at radius 1 is 1.04 bits per heavy atom. The molecule has 26 heavy (non-hydrogen) atoms. The molecule has 132 valence electrons. The molecule has 0 unspecified atom stereocenters. The molecule has 0 saturated heterocycles. The van der Waals surface area contributed by atoms with Crippen LogP contribution in [0.4, 0.5) is 0 Å². The lowest BCUT2D eigenvalue weighted by Gasteiger charge is -2.03. The summed E-state index contributed by atoms with van der Waals surface area (Å²) in [6, 6.07) is 15.6. The third-order valence-corrected chi connectivity index (χ3v) is 4.32. The van der Waals surface area contributed by atoms with E-state index in [0.717, 1.165) is 17.3 Å². The van der Waals surface area contributed by atoms with Gasteiger partial charge in [0.05, 0.1) is 0 Å². The Kier molecular flexibility index (Phi) is 6.04. The molecule has 1 aromatic heterocycles. The first-order valence-corrected chi connectivity index (χ1v) is 8.94. The van der Waals surface area contributed by atoms with Gasteiger partial charge < -0.3 is 9.15 Å². The summed E-state index contributed by atoms with van der Waals surface area (Å²) in [4.78, 5) is 23.6. The van der Waals surface area contributed by atoms with Crippen molar-refractivity contribution in [3.05, 3.63) is 65.2 Å². The van der Waals surface area contributed by atoms with Gasteiger partial charge in [-0.25, -0.2) is 0 Å². The van der Waals surface area contributed by atoms with Crippen LogP contribution < -0.4 is 0 Å². The van der Waals surface area contributed by atoms with Gasteiger partial charge in [0.15, 0.2) is 12.4 Å². The average molecular weight is 389 g/mol. The first kappa shape index (κ1) is 18.2. The molecule has 0 fully saturated rings. The Bertz CT molecular complexity index is 897. The lowest BCUT2D eigenvalue weighted by molar-refractivity contribution is -0.139. The van der Waals surface area contributed by atoms with Crippen LogP contribution in [0.3, 0.4) is 0 Å². The molecule has 0 aliphatic carbocycles. The Labute approximate surface area is 158 Å². The van der Waals surface area contributed by atoms with E-state index in [-0.39, 0.29) is 23.4 Å². The SMILES string of the molecule is O=C(CSc1nnc(-c2ccc(Cl)cc2)o1)OCC(=O)c1ccccc1. The highest BCUT2D eigenvalue weighted by Crippen LogP contribution is 2.24. The molecule has 0 aliphatic heterocycles. The average Bonchev–Trinajstić information content (AvgIpc) is 3.14. The molecule has 0 N–H and O–H groups in total. The Morgan fingerprint density at radius 2 is 1.77 bits per heavy atom. The number of ether oxygens (including phenoxy) is 1. The monoisotopic (exact) mass is 388 g/mol. The molecule has 0 amide bonds. The van der Waals surface area contributed by atoms with Crippen molar-refractivity contribution in [3.8, 4) is 11.5 Å². The number of hydrogen-bond acceptors (Lipinski definition) is 7. The Morgan fingerprint density at radius 3 is 2.50 bits per heavy atom. The quantitative estimate of drug-likeness (QED) is 0.344. The number of ketones is 1. The number of carbonyl (C=O) groups is 2. The number of esters is 1. The summed E-state index contributed by atoms with van der Waals surface area (Å²) in [5, 5.41) is 8.63. The second-order valence-electron chi connectivity index (χ2n) is 5.12. The molecule has 1 heterocycles. The number of aromatic nitrogens is 2. The van der Waals surface area contributed by atoms with Gasteiger partial charge in [0, 0.05) is 16.1 Å². The van der Waals surface area contributed by atoms with Gasteiger partial charge in [-0.3, -0.25) is 9.59 Å². The number of nitrogens with zero attached hydrogens (tertiary/aromatic N) is 2. The van der Waals surface area contributed by atoms with Crippen LogP contribution in [0.25, 0.3) is 11.5 Å². The highest BCUT2D eigenvalue weighted by atomic mass is 35.5. The summed E-state index contributed by atoms with van der Waals surface area (Å²) in [5.74, 6) is -0.501. The molecule has 0 saturated carbocycles. The van der Waals surface area contributed by atoms with Crippen LogP contribution in [-0.2, 0) is 9.53 Å². The molecule has 2 aromatic carbocycles. The van der Waals surface area contributed by atoms with E-state index in [2.05, 4.69) is 10.2 Å². The van der Waals surface area contributed by atoms with Crippen LogP contribution >= 0.6 is 23.4 Å². The third kappa shape index (κ3) is 4.93. The lowest BCUT2D eigenvalue weighted by Crippen LogP contribution is -2.15. The zero-order valence-corrected chi connectivity index (χ0v) is 15.0. The number of halogens is 1. The normalized spacial score (nSPS) is 10.5. The number of thioether (sulfide) groups is 1. The molecule has 8 heteroatoms. The molecule has 3 rings (SSSR count). The van der Waals surface area contributed by atoms with Crippen LogP contribution in [0, 0.1) is 0 Å². The van der Waals surface area contributed by atoms with Gasteiger partial charge in [-0.15, -0.1) is 10.2 Å². The first-order chi connectivity index (χ1) is 12.6. The van der Waals surface area contributed by atoms with E-state index in [1.54, 1.807) is 48.5 Å². The highest BCUT2D eigenvalue weighted by molar-refractivity contribution is 7.99. The van der Waals surface area contributed by atoms with Crippen LogP contribution in [-0.4, -0.2) is 34.3 Å². The summed E-state index contributed by atoms with van der Waals surface area (Å²) < 4.78 is 10.4. The van der Waals surface area contributed by atoms with E-state index in [1.807, 2.05) is 6.07 Å². The molecule has 6 nitrogen and oxygen atoms in total. The summed E-state index contributed by atoms with van der Waals surface area (Å²) >= 11 is 6.88. The summed E-state index contributed by atoms with van der Waals surface area (Å²) in [6.07, 6.45) is 0. The number of rotatable bonds is 7. The molecular formula is C18H13ClN2O4S. The predicted octanol–water partition coefficient (Wildman–Crippen LogP) is 3.91. The van der Waals surface area contributed by atoms with Crippen molar-refractivity contribution in [1.29, 1.82) is 0 Å². The van der Waals surface area contributed by atoms with E-state index in [1.165, 1.54) is 0 Å². The fourth-order valence-corrected chi connectivity index (χ4v) is 2.68. The second kappa shape index (κ2) is 8.64. The maximum absolute atomic E-state index is 11.9. The van der Waals surface area contributed by atoms with Crippen molar-refractivity contribution in [1.82, 2.24) is 10.2 Å². The molecule has 0 atom stereocenters. The molecular weight excluding hydrogens is 376 g/mol. The van der Waals surface area contributed by atoms with Crippen LogP contribution in [0.5, 0.6) is 0 Å². The van der Waals surface area contributed by atoms with E-state index in [4.69, 9.17) is 20.8 Å². The third-order valence-electron chi connectivity index (χ3n) is 3.27. The maximum Gasteiger partial charge on any atom is 0.316 e. The van der Waals surface area contributed by atoms with Gasteiger partial charge in [-0.2, -0.15) is 0 Å². The van der Waals surface area contributed by atoms with E-state index >= 15 is 0 Å². The van der Waals surface area contributed by atoms with Gasteiger partial charge >= 0.3 is 5.97 Å². The Balaban J connectivity index is 1.47. The minimum atomic E-state index is -0.537. The minimum Gasteiger partial charge on any atom is -0.457 e. The van der Waals surface area contributed by atoms with Crippen molar-refractivity contribution in [2.45, 2.75) is 5.22 Å². The van der Waals surface area contributed by atoms with E-state index in [9.17, 15) is 9.59 Å². The molecule has 0 aliphatic rings. The van der Waals surface area contributed by atoms with E-state index in [0.29, 0.717) is 16.5 Å². The van der Waals surface area contributed by atoms with Crippen molar-refractivity contribution >= 4 is 35.1 Å². The largest absolute Gasteiger partial charge is 0.457 e.